The zero-order valence-corrected chi connectivity index (χ0v) is 40.3. The van der Waals surface area contributed by atoms with Crippen LogP contribution in [0.3, 0.4) is 0 Å². The van der Waals surface area contributed by atoms with Crippen molar-refractivity contribution in [3.05, 3.63) is 255 Å². The second-order valence-corrected chi connectivity index (χ2v) is 19.0. The van der Waals surface area contributed by atoms with E-state index in [1.165, 1.54) is 0 Å². The Morgan fingerprint density at radius 1 is 0.253 bits per heavy atom. The van der Waals surface area contributed by atoms with E-state index in [0.29, 0.717) is 11.9 Å². The molecule has 5 aromatic heterocycles. The van der Waals surface area contributed by atoms with Gasteiger partial charge >= 0.3 is 0 Å². The minimum absolute atomic E-state index is 0.610. The Kier molecular flexibility index (Phi) is 9.75. The predicted molar refractivity (Wildman–Crippen MR) is 306 cm³/mol. The summed E-state index contributed by atoms with van der Waals surface area (Å²) < 4.78 is 11.1. The van der Waals surface area contributed by atoms with Crippen LogP contribution in [0.15, 0.2) is 259 Å². The molecule has 7 heteroatoms. The van der Waals surface area contributed by atoms with Gasteiger partial charge in [-0.05, 0) is 76.9 Å². The Hall–Kier alpha value is -10.2. The van der Waals surface area contributed by atoms with Crippen molar-refractivity contribution in [2.45, 2.75) is 0 Å². The lowest BCUT2D eigenvalue weighted by molar-refractivity contribution is 0.669. The van der Waals surface area contributed by atoms with Crippen molar-refractivity contribution in [2.24, 2.45) is 0 Å². The number of hydrogen-bond acceptors (Lipinski definition) is 5. The van der Waals surface area contributed by atoms with Crippen molar-refractivity contribution >= 4 is 65.6 Å². The molecule has 15 rings (SSSR count). The highest BCUT2D eigenvalue weighted by atomic mass is 16.3. The summed E-state index contributed by atoms with van der Waals surface area (Å²) in [6.07, 6.45) is 0. The number of para-hydroxylation sites is 2. The van der Waals surface area contributed by atoms with E-state index in [9.17, 15) is 0 Å². The van der Waals surface area contributed by atoms with Crippen LogP contribution in [-0.4, -0.2) is 29.1 Å². The Morgan fingerprint density at radius 3 is 1.15 bits per heavy atom. The molecule has 5 heterocycles. The zero-order valence-electron chi connectivity index (χ0n) is 40.3. The van der Waals surface area contributed by atoms with Gasteiger partial charge in [-0.2, -0.15) is 0 Å². The van der Waals surface area contributed by atoms with Crippen molar-refractivity contribution in [3.63, 3.8) is 0 Å². The molecule has 0 spiro atoms. The second-order valence-electron chi connectivity index (χ2n) is 19.0. The molecule has 15 aromatic rings. The van der Waals surface area contributed by atoms with Gasteiger partial charge in [-0.3, -0.25) is 9.13 Å². The molecule has 0 saturated carbocycles. The third-order valence-corrected chi connectivity index (χ3v) is 14.6. The molecule has 0 unspecified atom stereocenters. The van der Waals surface area contributed by atoms with E-state index in [2.05, 4.69) is 240 Å². The van der Waals surface area contributed by atoms with Crippen molar-refractivity contribution in [3.8, 4) is 79.2 Å². The maximum Gasteiger partial charge on any atom is 0.235 e. The van der Waals surface area contributed by atoms with Crippen LogP contribution < -0.4 is 0 Å². The van der Waals surface area contributed by atoms with E-state index in [-0.39, 0.29) is 0 Å². The first kappa shape index (κ1) is 42.4. The monoisotopic (exact) mass is 958 g/mol. The quantitative estimate of drug-likeness (QED) is 0.152. The predicted octanol–water partition coefficient (Wildman–Crippen LogP) is 17.4. The first-order valence-corrected chi connectivity index (χ1v) is 25.2. The summed E-state index contributed by atoms with van der Waals surface area (Å²) in [5.41, 5.74) is 17.6. The smallest absolute Gasteiger partial charge is 0.235 e. The lowest BCUT2D eigenvalue weighted by atomic mass is 9.96. The van der Waals surface area contributed by atoms with E-state index in [4.69, 9.17) is 24.4 Å². The zero-order chi connectivity index (χ0) is 49.4. The average molecular weight is 959 g/mol. The van der Waals surface area contributed by atoms with Crippen LogP contribution >= 0.6 is 0 Å². The van der Waals surface area contributed by atoms with Crippen molar-refractivity contribution in [1.82, 2.24) is 29.1 Å². The number of nitrogens with zero attached hydrogens (tertiary/aromatic N) is 6. The van der Waals surface area contributed by atoms with E-state index in [1.54, 1.807) is 0 Å². The standard InChI is InChI=1S/C68H42N6O/c1-5-18-43(19-6-1)56-41-57(44-20-7-2-8-21-44)70-67(69-56)73-60-29-15-13-26-51(60)53-35-32-48(39-62(53)73)47-34-37-64-55(38-47)66-50(28-17-31-65(66)75-64)49-33-36-54-52-27-14-16-30-61(52)74(63(54)40-49)68-71-58(45-22-9-3-10-23-45)42-59(72-68)46-24-11-4-12-25-46/h1-42H. The maximum atomic E-state index is 6.68. The molecule has 0 atom stereocenters. The minimum atomic E-state index is 0.610. The number of fused-ring (bicyclic) bond motifs is 9. The van der Waals surface area contributed by atoms with E-state index < -0.39 is 0 Å². The molecular weight excluding hydrogens is 917 g/mol. The Labute approximate surface area is 430 Å². The van der Waals surface area contributed by atoms with Gasteiger partial charge < -0.3 is 4.42 Å². The summed E-state index contributed by atoms with van der Waals surface area (Å²) in [5, 5.41) is 6.61. The van der Waals surface area contributed by atoms with Crippen LogP contribution in [0.2, 0.25) is 0 Å². The van der Waals surface area contributed by atoms with Gasteiger partial charge in [-0.15, -0.1) is 0 Å². The lowest BCUT2D eigenvalue weighted by Crippen LogP contribution is -2.04. The fraction of sp³-hybridized carbons (Fsp3) is 0. The minimum Gasteiger partial charge on any atom is -0.456 e. The highest BCUT2D eigenvalue weighted by Gasteiger charge is 2.22. The molecule has 0 aliphatic heterocycles. The number of rotatable bonds is 8. The topological polar surface area (TPSA) is 74.6 Å². The van der Waals surface area contributed by atoms with E-state index in [1.807, 2.05) is 24.3 Å². The van der Waals surface area contributed by atoms with Crippen molar-refractivity contribution in [2.75, 3.05) is 0 Å². The fourth-order valence-electron chi connectivity index (χ4n) is 11.1. The molecule has 0 N–H and O–H groups in total. The van der Waals surface area contributed by atoms with Crippen LogP contribution in [-0.2, 0) is 0 Å². The van der Waals surface area contributed by atoms with Crippen molar-refractivity contribution in [1.29, 1.82) is 0 Å². The molecule has 10 aromatic carbocycles. The molecule has 0 bridgehead atoms. The van der Waals surface area contributed by atoms with Gasteiger partial charge in [0.05, 0.1) is 44.8 Å². The van der Waals surface area contributed by atoms with E-state index in [0.717, 1.165) is 133 Å². The molecule has 75 heavy (non-hydrogen) atoms. The first-order chi connectivity index (χ1) is 37.2. The van der Waals surface area contributed by atoms with Crippen LogP contribution in [0.5, 0.6) is 0 Å². The van der Waals surface area contributed by atoms with Gasteiger partial charge in [0, 0.05) is 54.6 Å². The van der Waals surface area contributed by atoms with Gasteiger partial charge in [-0.1, -0.05) is 200 Å². The number of benzene rings is 10. The van der Waals surface area contributed by atoms with Gasteiger partial charge in [0.15, 0.2) is 0 Å². The lowest BCUT2D eigenvalue weighted by Gasteiger charge is -2.12. The van der Waals surface area contributed by atoms with Crippen LogP contribution in [0.4, 0.5) is 0 Å². The third kappa shape index (κ3) is 7.12. The molecule has 0 fully saturated rings. The fourth-order valence-corrected chi connectivity index (χ4v) is 11.1. The van der Waals surface area contributed by atoms with E-state index >= 15 is 0 Å². The van der Waals surface area contributed by atoms with Crippen LogP contribution in [0.1, 0.15) is 0 Å². The summed E-state index contributed by atoms with van der Waals surface area (Å²) in [6.45, 7) is 0. The highest BCUT2D eigenvalue weighted by Crippen LogP contribution is 2.42. The second kappa shape index (κ2) is 17.2. The van der Waals surface area contributed by atoms with Gasteiger partial charge in [-0.25, -0.2) is 19.9 Å². The Balaban J connectivity index is 0.897. The molecule has 350 valence electrons. The van der Waals surface area contributed by atoms with Gasteiger partial charge in [0.1, 0.15) is 11.2 Å². The molecule has 0 saturated heterocycles. The summed E-state index contributed by atoms with van der Waals surface area (Å²) >= 11 is 0. The summed E-state index contributed by atoms with van der Waals surface area (Å²) in [6, 6.07) is 89.1. The van der Waals surface area contributed by atoms with Gasteiger partial charge in [0.25, 0.3) is 0 Å². The maximum absolute atomic E-state index is 6.68. The summed E-state index contributed by atoms with van der Waals surface area (Å²) in [5.74, 6) is 1.22. The van der Waals surface area contributed by atoms with Crippen LogP contribution in [0.25, 0.3) is 145 Å². The largest absolute Gasteiger partial charge is 0.456 e. The molecular formula is C68H42N6O. The molecule has 7 nitrogen and oxygen atoms in total. The number of aromatic nitrogens is 6. The Morgan fingerprint density at radius 2 is 0.653 bits per heavy atom. The van der Waals surface area contributed by atoms with Gasteiger partial charge in [0.2, 0.25) is 11.9 Å². The number of hydrogen-bond donors (Lipinski definition) is 0. The average Bonchev–Trinajstić information content (AvgIpc) is 4.15. The highest BCUT2D eigenvalue weighted by molar-refractivity contribution is 6.16. The van der Waals surface area contributed by atoms with Crippen molar-refractivity contribution < 1.29 is 4.42 Å². The van der Waals surface area contributed by atoms with Crippen LogP contribution in [0, 0.1) is 0 Å². The summed E-state index contributed by atoms with van der Waals surface area (Å²) in [4.78, 5) is 21.2. The number of furan rings is 1. The SMILES string of the molecule is c1ccc(-c2cc(-c3ccccc3)nc(-n3c4ccccc4c4ccc(-c5ccc6oc7cccc(-c8ccc9c%10ccccc%10n(-c%10nc(-c%11ccccc%11)cc(-c%11ccccc%11)n%10)c9c8)c7c6c5)cc43)n2)cc1. The Bertz CT molecular complexity index is 4580. The molecule has 0 amide bonds. The first-order valence-electron chi connectivity index (χ1n) is 25.2. The molecule has 0 aliphatic rings. The molecule has 0 aliphatic carbocycles. The summed E-state index contributed by atoms with van der Waals surface area (Å²) in [7, 11) is 0. The third-order valence-electron chi connectivity index (χ3n) is 14.6. The normalized spacial score (nSPS) is 11.7. The molecule has 0 radical (unpaired) electrons.